The maximum atomic E-state index is 4.88. The lowest BCUT2D eigenvalue weighted by Crippen LogP contribution is -1.54. The summed E-state index contributed by atoms with van der Waals surface area (Å²) in [5.41, 5.74) is 0. The van der Waals surface area contributed by atoms with Gasteiger partial charge >= 0.3 is 0 Å². The summed E-state index contributed by atoms with van der Waals surface area (Å²) >= 11 is 0. The first-order valence-corrected chi connectivity index (χ1v) is 2.86. The highest BCUT2D eigenvalue weighted by Gasteiger charge is 2.09. The molecule has 0 aliphatic carbocycles. The molecule has 1 saturated heterocycles. The monoisotopic (exact) mass is 110 g/mol. The maximum absolute atomic E-state index is 4.88. The second-order valence-corrected chi connectivity index (χ2v) is 1.76. The quantitative estimate of drug-likeness (QED) is 0.390. The van der Waals surface area contributed by atoms with Crippen LogP contribution in [0.2, 0.25) is 0 Å². The molecule has 1 rings (SSSR count). The van der Waals surface area contributed by atoms with E-state index in [0.717, 1.165) is 18.8 Å². The molecular weight excluding hydrogens is 100 g/mol. The molecule has 1 fully saturated rings. The number of allylic oxidation sites excluding steroid dienone is 3. The molecular formula is C7H10O. The summed E-state index contributed by atoms with van der Waals surface area (Å²) in [5, 5.41) is 0. The van der Waals surface area contributed by atoms with Crippen LogP contribution in [-0.4, -0.2) is 6.61 Å². The van der Waals surface area contributed by atoms with Gasteiger partial charge in [0.1, 0.15) is 12.4 Å². The lowest BCUT2D eigenvalue weighted by molar-refractivity contribution is 0.509. The highest BCUT2D eigenvalue weighted by Crippen LogP contribution is 2.14. The Kier molecular flexibility index (Phi) is 1.73. The molecule has 0 bridgehead atoms. The van der Waals surface area contributed by atoms with E-state index in [4.69, 9.17) is 4.74 Å². The SMILES string of the molecule is CC=CCC=C1CO1. The Bertz CT molecular complexity index is 116. The average molecular weight is 110 g/mol. The normalized spacial score (nSPS) is 21.9. The molecule has 0 aromatic carbocycles. The van der Waals surface area contributed by atoms with E-state index in [-0.39, 0.29) is 0 Å². The molecule has 1 heterocycles. The van der Waals surface area contributed by atoms with Crippen LogP contribution in [0, 0.1) is 0 Å². The minimum Gasteiger partial charge on any atom is -0.487 e. The van der Waals surface area contributed by atoms with E-state index in [1.54, 1.807) is 0 Å². The third kappa shape index (κ3) is 1.82. The van der Waals surface area contributed by atoms with Gasteiger partial charge in [-0.25, -0.2) is 0 Å². The van der Waals surface area contributed by atoms with E-state index in [0.29, 0.717) is 0 Å². The van der Waals surface area contributed by atoms with Gasteiger partial charge in [0.2, 0.25) is 0 Å². The Morgan fingerprint density at radius 1 is 1.75 bits per heavy atom. The largest absolute Gasteiger partial charge is 0.487 e. The summed E-state index contributed by atoms with van der Waals surface area (Å²) < 4.78 is 4.88. The molecule has 0 saturated carbocycles. The lowest BCUT2D eigenvalue weighted by Gasteiger charge is -1.72. The Hall–Kier alpha value is -0.720. The Morgan fingerprint density at radius 3 is 3.00 bits per heavy atom. The van der Waals surface area contributed by atoms with Crippen LogP contribution >= 0.6 is 0 Å². The Labute approximate surface area is 49.7 Å². The van der Waals surface area contributed by atoms with Gasteiger partial charge in [0, 0.05) is 0 Å². The molecule has 0 atom stereocenters. The molecule has 0 spiro atoms. The molecule has 44 valence electrons. The van der Waals surface area contributed by atoms with Crippen LogP contribution in [0.4, 0.5) is 0 Å². The van der Waals surface area contributed by atoms with Gasteiger partial charge in [-0.05, 0) is 19.4 Å². The summed E-state index contributed by atoms with van der Waals surface area (Å²) in [5.74, 6) is 1.14. The third-order valence-corrected chi connectivity index (χ3v) is 1.03. The molecule has 1 nitrogen and oxygen atoms in total. The first-order chi connectivity index (χ1) is 3.93. The van der Waals surface area contributed by atoms with Crippen LogP contribution < -0.4 is 0 Å². The average Bonchev–Trinajstić information content (AvgIpc) is 2.51. The van der Waals surface area contributed by atoms with Crippen molar-refractivity contribution in [3.8, 4) is 0 Å². The minimum absolute atomic E-state index is 0.859. The second-order valence-electron chi connectivity index (χ2n) is 1.76. The molecule has 0 aromatic rings. The van der Waals surface area contributed by atoms with Crippen molar-refractivity contribution in [2.75, 3.05) is 6.61 Å². The molecule has 0 amide bonds. The topological polar surface area (TPSA) is 12.5 Å². The summed E-state index contributed by atoms with van der Waals surface area (Å²) in [6.45, 7) is 2.88. The smallest absolute Gasteiger partial charge is 0.145 e. The van der Waals surface area contributed by atoms with Crippen molar-refractivity contribution in [3.63, 3.8) is 0 Å². The fourth-order valence-corrected chi connectivity index (χ4v) is 0.495. The van der Waals surface area contributed by atoms with Crippen molar-refractivity contribution in [1.29, 1.82) is 0 Å². The van der Waals surface area contributed by atoms with Crippen LogP contribution in [0.25, 0.3) is 0 Å². The van der Waals surface area contributed by atoms with E-state index in [9.17, 15) is 0 Å². The lowest BCUT2D eigenvalue weighted by atomic mass is 10.3. The molecule has 0 aromatic heterocycles. The zero-order valence-corrected chi connectivity index (χ0v) is 5.05. The van der Waals surface area contributed by atoms with Gasteiger partial charge in [-0.1, -0.05) is 12.2 Å². The molecule has 1 aliphatic rings. The van der Waals surface area contributed by atoms with Crippen LogP contribution in [0.3, 0.4) is 0 Å². The Morgan fingerprint density at radius 2 is 2.50 bits per heavy atom. The van der Waals surface area contributed by atoms with Crippen molar-refractivity contribution in [2.24, 2.45) is 0 Å². The predicted molar refractivity (Wildman–Crippen MR) is 33.5 cm³/mol. The van der Waals surface area contributed by atoms with Crippen molar-refractivity contribution < 1.29 is 4.74 Å². The van der Waals surface area contributed by atoms with Crippen molar-refractivity contribution in [2.45, 2.75) is 13.3 Å². The van der Waals surface area contributed by atoms with Gasteiger partial charge in [0.15, 0.2) is 0 Å². The van der Waals surface area contributed by atoms with Crippen LogP contribution in [0.5, 0.6) is 0 Å². The van der Waals surface area contributed by atoms with Crippen molar-refractivity contribution >= 4 is 0 Å². The van der Waals surface area contributed by atoms with Crippen LogP contribution in [-0.2, 0) is 4.74 Å². The Balaban J connectivity index is 2.11. The second kappa shape index (κ2) is 2.55. The molecule has 1 heteroatoms. The van der Waals surface area contributed by atoms with E-state index in [1.807, 2.05) is 13.0 Å². The standard InChI is InChI=1S/C7H10O/c1-2-3-4-5-7-6-8-7/h2-3,5H,4,6H2,1H3. The third-order valence-electron chi connectivity index (χ3n) is 1.03. The zero-order chi connectivity index (χ0) is 5.82. The molecule has 8 heavy (non-hydrogen) atoms. The highest BCUT2D eigenvalue weighted by molar-refractivity contribution is 5.06. The van der Waals surface area contributed by atoms with Gasteiger partial charge in [-0.2, -0.15) is 0 Å². The van der Waals surface area contributed by atoms with Gasteiger partial charge in [0.25, 0.3) is 0 Å². The van der Waals surface area contributed by atoms with Gasteiger partial charge in [-0.3, -0.25) is 0 Å². The summed E-state index contributed by atoms with van der Waals surface area (Å²) in [7, 11) is 0. The number of hydrogen-bond donors (Lipinski definition) is 0. The molecule has 0 unspecified atom stereocenters. The fourth-order valence-electron chi connectivity index (χ4n) is 0.495. The van der Waals surface area contributed by atoms with Gasteiger partial charge in [-0.15, -0.1) is 0 Å². The molecule has 0 radical (unpaired) electrons. The molecule has 0 N–H and O–H groups in total. The summed E-state index contributed by atoms with van der Waals surface area (Å²) in [6, 6.07) is 0. The summed E-state index contributed by atoms with van der Waals surface area (Å²) in [6.07, 6.45) is 7.26. The van der Waals surface area contributed by atoms with E-state index in [1.165, 1.54) is 0 Å². The first-order valence-electron chi connectivity index (χ1n) is 2.86. The van der Waals surface area contributed by atoms with E-state index >= 15 is 0 Å². The van der Waals surface area contributed by atoms with Crippen molar-refractivity contribution in [1.82, 2.24) is 0 Å². The number of ether oxygens (including phenoxy) is 1. The van der Waals surface area contributed by atoms with Crippen molar-refractivity contribution in [3.05, 3.63) is 24.0 Å². The summed E-state index contributed by atoms with van der Waals surface area (Å²) in [4.78, 5) is 0. The van der Waals surface area contributed by atoms with E-state index in [2.05, 4.69) is 12.2 Å². The number of rotatable bonds is 2. The predicted octanol–water partition coefficient (Wildman–Crippen LogP) is 1.87. The number of hydrogen-bond acceptors (Lipinski definition) is 1. The van der Waals surface area contributed by atoms with Gasteiger partial charge in [0.05, 0.1) is 0 Å². The van der Waals surface area contributed by atoms with Crippen LogP contribution in [0.1, 0.15) is 13.3 Å². The zero-order valence-electron chi connectivity index (χ0n) is 5.05. The number of epoxide rings is 1. The van der Waals surface area contributed by atoms with Gasteiger partial charge < -0.3 is 4.74 Å². The first kappa shape index (κ1) is 5.42. The molecule has 1 aliphatic heterocycles. The van der Waals surface area contributed by atoms with Crippen LogP contribution in [0.15, 0.2) is 24.0 Å². The fraction of sp³-hybridized carbons (Fsp3) is 0.429. The highest BCUT2D eigenvalue weighted by atomic mass is 16.6. The maximum Gasteiger partial charge on any atom is 0.145 e. The minimum atomic E-state index is 0.859. The van der Waals surface area contributed by atoms with E-state index < -0.39 is 0 Å².